The minimum absolute atomic E-state index is 0.00940. The smallest absolute Gasteiger partial charge is 0.409 e. The molecule has 0 radical (unpaired) electrons. The predicted octanol–water partition coefficient (Wildman–Crippen LogP) is 8.66. The van der Waals surface area contributed by atoms with Crippen LogP contribution in [0.15, 0.2) is 120 Å². The largest absolute Gasteiger partial charge is 0.497 e. The van der Waals surface area contributed by atoms with Gasteiger partial charge in [-0.3, -0.25) is 18.4 Å². The summed E-state index contributed by atoms with van der Waals surface area (Å²) < 4.78 is 55.8. The summed E-state index contributed by atoms with van der Waals surface area (Å²) in [6, 6.07) is 35.1. The summed E-state index contributed by atoms with van der Waals surface area (Å²) >= 11 is 0. The third kappa shape index (κ3) is 10.2. The second-order valence-corrected chi connectivity index (χ2v) is 17.3. The summed E-state index contributed by atoms with van der Waals surface area (Å²) in [5.74, 6) is 1.02. The highest BCUT2D eigenvalue weighted by molar-refractivity contribution is 7.51. The average Bonchev–Trinajstić information content (AvgIpc) is 3.67. The Labute approximate surface area is 362 Å². The molecule has 1 fully saturated rings. The van der Waals surface area contributed by atoms with Crippen molar-refractivity contribution in [3.63, 3.8) is 0 Å². The maximum atomic E-state index is 15.1. The number of anilines is 1. The van der Waals surface area contributed by atoms with Crippen LogP contribution in [0.5, 0.6) is 11.5 Å². The number of amides is 1. The molecule has 1 aromatic heterocycles. The minimum Gasteiger partial charge on any atom is -0.497 e. The molecule has 1 aliphatic rings. The van der Waals surface area contributed by atoms with Crippen LogP contribution in [-0.2, 0) is 28.7 Å². The molecule has 1 saturated heterocycles. The summed E-state index contributed by atoms with van der Waals surface area (Å²) in [4.78, 5) is 31.1. The maximum Gasteiger partial charge on any atom is 0.409 e. The number of carbonyl (C=O) groups excluding carboxylic acids is 1. The Morgan fingerprint density at radius 3 is 1.98 bits per heavy atom. The van der Waals surface area contributed by atoms with E-state index in [2.05, 4.69) is 16.4 Å². The molecule has 1 N–H and O–H groups in total. The van der Waals surface area contributed by atoms with Crippen molar-refractivity contribution in [2.45, 2.75) is 83.6 Å². The number of rotatable bonds is 19. The molecule has 1 aliphatic heterocycles. The molecule has 15 heteroatoms. The van der Waals surface area contributed by atoms with Crippen LogP contribution in [0.25, 0.3) is 0 Å². The van der Waals surface area contributed by atoms with Gasteiger partial charge in [0, 0.05) is 35.8 Å². The molecule has 1 amide bonds. The molecule has 62 heavy (non-hydrogen) atoms. The zero-order valence-electron chi connectivity index (χ0n) is 36.1. The van der Waals surface area contributed by atoms with E-state index in [4.69, 9.17) is 28.0 Å². The Balaban J connectivity index is 1.43. The average molecular weight is 864 g/mol. The number of ether oxygens (including phenoxy) is 4. The van der Waals surface area contributed by atoms with Gasteiger partial charge in [-0.1, -0.05) is 72.8 Å². The fourth-order valence-electron chi connectivity index (χ4n) is 7.77. The van der Waals surface area contributed by atoms with Crippen LogP contribution in [0.1, 0.15) is 79.4 Å². The number of nitriles is 1. The van der Waals surface area contributed by atoms with Gasteiger partial charge >= 0.3 is 13.4 Å². The number of hydrogen-bond donors (Lipinski definition) is 1. The van der Waals surface area contributed by atoms with Gasteiger partial charge < -0.3 is 24.3 Å². The third-order valence-corrected chi connectivity index (χ3v) is 13.1. The lowest BCUT2D eigenvalue weighted by Crippen LogP contribution is -2.40. The molecule has 0 bridgehead atoms. The molecule has 0 spiro atoms. The predicted molar refractivity (Wildman–Crippen MR) is 235 cm³/mol. The van der Waals surface area contributed by atoms with Crippen LogP contribution >= 0.6 is 7.75 Å². The number of nitrogens with one attached hydrogen (secondary N) is 1. The van der Waals surface area contributed by atoms with E-state index < -0.39 is 43.4 Å². The maximum absolute atomic E-state index is 15.1. The number of nitrogens with zero attached hydrogens (tertiary/aromatic N) is 4. The molecule has 5 aromatic rings. The first-order valence-corrected chi connectivity index (χ1v) is 22.0. The van der Waals surface area contributed by atoms with E-state index in [1.165, 1.54) is 4.57 Å². The number of methoxy groups -OCH3 is 2. The van der Waals surface area contributed by atoms with E-state index in [0.29, 0.717) is 22.6 Å². The van der Waals surface area contributed by atoms with Gasteiger partial charge in [0.2, 0.25) is 0 Å². The van der Waals surface area contributed by atoms with Gasteiger partial charge in [-0.25, -0.2) is 14.0 Å². The van der Waals surface area contributed by atoms with Crippen molar-refractivity contribution in [2.24, 2.45) is 0 Å². The fourth-order valence-corrected chi connectivity index (χ4v) is 10.1. The van der Waals surface area contributed by atoms with Crippen molar-refractivity contribution >= 4 is 19.5 Å². The third-order valence-electron chi connectivity index (χ3n) is 10.6. The monoisotopic (exact) mass is 863 g/mol. The lowest BCUT2D eigenvalue weighted by atomic mass is 9.80. The molecule has 4 atom stereocenters. The Bertz CT molecular complexity index is 2350. The van der Waals surface area contributed by atoms with Gasteiger partial charge in [-0.15, -0.1) is 0 Å². The lowest BCUT2D eigenvalue weighted by Gasteiger charge is -2.39. The van der Waals surface area contributed by atoms with Crippen LogP contribution in [0.4, 0.5) is 5.82 Å². The quantitative estimate of drug-likeness (QED) is 0.0478. The molecule has 14 nitrogen and oxygen atoms in total. The molecule has 2 heterocycles. The molecule has 0 aliphatic carbocycles. The SMILES string of the molecule is COc1ccc(C(OC[C@H]2O[C@H](n3cc(C)c(NC(=O)c4ccccc4)nc3=O)C[C@@H]2O[P@@](=O)(OCCC#N)N(C(C)C)C(C)C)(c2ccccc2)c2ccc(OC)cc2)cc1. The van der Waals surface area contributed by atoms with E-state index in [0.717, 1.165) is 16.7 Å². The van der Waals surface area contributed by atoms with Gasteiger partial charge in [0.25, 0.3) is 5.91 Å². The van der Waals surface area contributed by atoms with Crippen LogP contribution < -0.4 is 20.5 Å². The summed E-state index contributed by atoms with van der Waals surface area (Å²) in [7, 11) is -0.932. The molecular formula is C47H54N5O9P. The number of hydrogen-bond acceptors (Lipinski definition) is 11. The first kappa shape index (κ1) is 45.9. The Kier molecular flexibility index (Phi) is 15.2. The van der Waals surface area contributed by atoms with Gasteiger partial charge in [-0.2, -0.15) is 10.2 Å². The molecule has 0 saturated carbocycles. The first-order chi connectivity index (χ1) is 29.8. The summed E-state index contributed by atoms with van der Waals surface area (Å²) in [6.07, 6.45) is -1.25. The second kappa shape index (κ2) is 20.5. The number of carbonyl (C=O) groups is 1. The lowest BCUT2D eigenvalue weighted by molar-refractivity contribution is -0.0938. The van der Waals surface area contributed by atoms with E-state index in [-0.39, 0.29) is 44.0 Å². The Morgan fingerprint density at radius 2 is 1.45 bits per heavy atom. The van der Waals surface area contributed by atoms with E-state index in [9.17, 15) is 14.9 Å². The molecule has 4 aromatic carbocycles. The normalized spacial score (nSPS) is 17.5. The van der Waals surface area contributed by atoms with Crippen molar-refractivity contribution in [3.05, 3.63) is 154 Å². The highest BCUT2D eigenvalue weighted by Crippen LogP contribution is 2.57. The highest BCUT2D eigenvalue weighted by Gasteiger charge is 2.48. The van der Waals surface area contributed by atoms with Gasteiger partial charge in [0.1, 0.15) is 41.4 Å². The minimum atomic E-state index is -4.14. The van der Waals surface area contributed by atoms with E-state index in [1.807, 2.05) is 107 Å². The Hall–Kier alpha value is -5.65. The zero-order valence-corrected chi connectivity index (χ0v) is 37.0. The standard InChI is InChI=1S/C47H54N5O9P/c1-32(2)52(33(3)4)62(55,59-28-14-27-48)61-41-29-43(51-30-34(5)44(50-46(51)54)49-45(53)35-15-10-8-11-16-35)60-42(41)31-58-47(36-17-12-9-13-18-36,37-19-23-39(56-6)24-20-37)38-21-25-40(57-7)26-22-38/h8-13,15-26,30,32-33,41-43H,14,28-29,31H2,1-7H3,(H,49,50,53,54)/t41-,42+,43-,62-/m0/s1. The van der Waals surface area contributed by atoms with Crippen molar-refractivity contribution < 1.29 is 37.4 Å². The zero-order chi connectivity index (χ0) is 44.4. The van der Waals surface area contributed by atoms with Crippen LogP contribution in [0, 0.1) is 18.3 Å². The van der Waals surface area contributed by atoms with Crippen LogP contribution in [0.2, 0.25) is 0 Å². The first-order valence-electron chi connectivity index (χ1n) is 20.5. The van der Waals surface area contributed by atoms with Crippen molar-refractivity contribution in [2.75, 3.05) is 32.8 Å². The number of benzene rings is 4. The molecular weight excluding hydrogens is 810 g/mol. The molecule has 326 valence electrons. The van der Waals surface area contributed by atoms with Crippen LogP contribution in [0.3, 0.4) is 0 Å². The van der Waals surface area contributed by atoms with Crippen LogP contribution in [-0.4, -0.2) is 71.9 Å². The van der Waals surface area contributed by atoms with Crippen molar-refractivity contribution in [1.82, 2.24) is 14.2 Å². The van der Waals surface area contributed by atoms with E-state index in [1.54, 1.807) is 62.3 Å². The van der Waals surface area contributed by atoms with E-state index >= 15 is 4.57 Å². The number of aromatic nitrogens is 2. The fraction of sp³-hybridized carbons (Fsp3) is 0.362. The van der Waals surface area contributed by atoms with Gasteiger partial charge in [-0.05, 0) is 87.7 Å². The molecule has 0 unspecified atom stereocenters. The highest BCUT2D eigenvalue weighted by atomic mass is 31.2. The second-order valence-electron chi connectivity index (χ2n) is 15.4. The summed E-state index contributed by atoms with van der Waals surface area (Å²) in [5.41, 5.74) is 1.36. The summed E-state index contributed by atoms with van der Waals surface area (Å²) in [5, 5.41) is 12.1. The summed E-state index contributed by atoms with van der Waals surface area (Å²) in [6.45, 7) is 9.04. The number of aryl methyl sites for hydroxylation is 1. The molecule has 6 rings (SSSR count). The topological polar surface area (TPSA) is 163 Å². The van der Waals surface area contributed by atoms with Crippen molar-refractivity contribution in [3.8, 4) is 17.6 Å². The van der Waals surface area contributed by atoms with Gasteiger partial charge in [0.15, 0.2) is 0 Å². The Morgan fingerprint density at radius 1 is 0.903 bits per heavy atom. The van der Waals surface area contributed by atoms with Gasteiger partial charge in [0.05, 0.1) is 39.9 Å². The van der Waals surface area contributed by atoms with Crippen molar-refractivity contribution in [1.29, 1.82) is 5.26 Å².